The smallest absolute Gasteiger partial charge is 0.0834 e. The lowest BCUT2D eigenvalue weighted by molar-refractivity contribution is 0.646. The highest BCUT2D eigenvalue weighted by molar-refractivity contribution is 9.08. The molecule has 0 aromatic carbocycles. The van der Waals surface area contributed by atoms with Crippen LogP contribution < -0.4 is 0 Å². The summed E-state index contributed by atoms with van der Waals surface area (Å²) >= 11 is 3.40. The predicted molar refractivity (Wildman–Crippen MR) is 62.9 cm³/mol. The van der Waals surface area contributed by atoms with Crippen molar-refractivity contribution >= 4 is 15.9 Å². The fourth-order valence-corrected chi connectivity index (χ4v) is 1.72. The van der Waals surface area contributed by atoms with E-state index >= 15 is 0 Å². The van der Waals surface area contributed by atoms with E-state index in [0.29, 0.717) is 0 Å². The molecular weight excluding hydrogens is 254 g/mol. The Kier molecular flexibility index (Phi) is 3.16. The highest BCUT2D eigenvalue weighted by Crippen LogP contribution is 2.08. The Morgan fingerprint density at radius 1 is 1.33 bits per heavy atom. The molecule has 2 rings (SSSR count). The van der Waals surface area contributed by atoms with Gasteiger partial charge in [-0.3, -0.25) is 9.67 Å². The van der Waals surface area contributed by atoms with Gasteiger partial charge in [0.05, 0.1) is 17.9 Å². The van der Waals surface area contributed by atoms with Crippen LogP contribution in [0.4, 0.5) is 0 Å². The van der Waals surface area contributed by atoms with Crippen molar-refractivity contribution in [3.8, 4) is 0 Å². The molecule has 0 spiro atoms. The third-order valence-electron chi connectivity index (χ3n) is 2.21. The summed E-state index contributed by atoms with van der Waals surface area (Å²) in [6.07, 6.45) is 1.81. The normalized spacial score (nSPS) is 10.5. The molecule has 0 fully saturated rings. The molecule has 0 saturated carbocycles. The van der Waals surface area contributed by atoms with E-state index in [1.54, 1.807) is 6.20 Å². The fraction of sp³-hybridized carbons (Fsp3) is 0.273. The predicted octanol–water partition coefficient (Wildman–Crippen LogP) is 2.53. The van der Waals surface area contributed by atoms with Crippen LogP contribution in [-0.2, 0) is 11.9 Å². The van der Waals surface area contributed by atoms with E-state index in [1.807, 2.05) is 22.9 Å². The molecule has 2 heterocycles. The Hall–Kier alpha value is -1.16. The number of pyridine rings is 1. The van der Waals surface area contributed by atoms with Gasteiger partial charge in [-0.2, -0.15) is 5.10 Å². The Balaban J connectivity index is 2.21. The van der Waals surface area contributed by atoms with Crippen molar-refractivity contribution in [3.05, 3.63) is 47.5 Å². The van der Waals surface area contributed by atoms with E-state index in [0.717, 1.165) is 29.0 Å². The first-order valence-corrected chi connectivity index (χ1v) is 5.91. The summed E-state index contributed by atoms with van der Waals surface area (Å²) in [4.78, 5) is 4.28. The molecule has 0 amide bonds. The molecule has 0 aliphatic heterocycles. The van der Waals surface area contributed by atoms with Gasteiger partial charge in [0, 0.05) is 17.2 Å². The average Bonchev–Trinajstić information content (AvgIpc) is 2.61. The van der Waals surface area contributed by atoms with Crippen LogP contribution in [0, 0.1) is 6.92 Å². The molecule has 0 unspecified atom stereocenters. The minimum Gasteiger partial charge on any atom is -0.264 e. The second-order valence-electron chi connectivity index (χ2n) is 3.39. The van der Waals surface area contributed by atoms with Crippen LogP contribution in [0.5, 0.6) is 0 Å². The number of hydrogen-bond acceptors (Lipinski definition) is 2. The van der Waals surface area contributed by atoms with Crippen LogP contribution >= 0.6 is 15.9 Å². The summed E-state index contributed by atoms with van der Waals surface area (Å²) in [7, 11) is 0. The van der Waals surface area contributed by atoms with Gasteiger partial charge in [0.25, 0.3) is 0 Å². The van der Waals surface area contributed by atoms with Gasteiger partial charge in [-0.1, -0.05) is 22.0 Å². The quantitative estimate of drug-likeness (QED) is 0.799. The zero-order valence-electron chi connectivity index (χ0n) is 8.52. The lowest BCUT2D eigenvalue weighted by Crippen LogP contribution is -2.05. The SMILES string of the molecule is Cc1cc(CBr)nn1Cc1ccccn1. The van der Waals surface area contributed by atoms with Crippen LogP contribution in [-0.4, -0.2) is 14.8 Å². The number of halogens is 1. The minimum absolute atomic E-state index is 0.736. The first-order chi connectivity index (χ1) is 7.29. The zero-order chi connectivity index (χ0) is 10.7. The Morgan fingerprint density at radius 3 is 2.80 bits per heavy atom. The molecule has 0 bridgehead atoms. The Bertz CT molecular complexity index is 436. The van der Waals surface area contributed by atoms with Gasteiger partial charge >= 0.3 is 0 Å². The van der Waals surface area contributed by atoms with Crippen molar-refractivity contribution in [1.82, 2.24) is 14.8 Å². The maximum absolute atomic E-state index is 4.45. The molecule has 0 N–H and O–H groups in total. The molecule has 15 heavy (non-hydrogen) atoms. The summed E-state index contributed by atoms with van der Waals surface area (Å²) in [6.45, 7) is 2.79. The topological polar surface area (TPSA) is 30.7 Å². The van der Waals surface area contributed by atoms with Crippen LogP contribution in [0.3, 0.4) is 0 Å². The van der Waals surface area contributed by atoms with Crippen molar-refractivity contribution in [2.24, 2.45) is 0 Å². The summed E-state index contributed by atoms with van der Waals surface area (Å²) in [5.74, 6) is 0. The molecular formula is C11H12BrN3. The van der Waals surface area contributed by atoms with Crippen LogP contribution in [0.15, 0.2) is 30.5 Å². The number of rotatable bonds is 3. The van der Waals surface area contributed by atoms with Crippen LogP contribution in [0.25, 0.3) is 0 Å². The van der Waals surface area contributed by atoms with E-state index in [1.165, 1.54) is 0 Å². The molecule has 4 heteroatoms. The maximum atomic E-state index is 4.45. The zero-order valence-corrected chi connectivity index (χ0v) is 10.1. The molecule has 0 radical (unpaired) electrons. The largest absolute Gasteiger partial charge is 0.264 e. The van der Waals surface area contributed by atoms with Gasteiger partial charge < -0.3 is 0 Å². The maximum Gasteiger partial charge on any atom is 0.0834 e. The molecule has 2 aromatic rings. The lowest BCUT2D eigenvalue weighted by Gasteiger charge is -2.02. The molecule has 0 atom stereocenters. The number of nitrogens with zero attached hydrogens (tertiary/aromatic N) is 3. The van der Waals surface area contributed by atoms with Crippen molar-refractivity contribution in [1.29, 1.82) is 0 Å². The van der Waals surface area contributed by atoms with Gasteiger partial charge in [-0.15, -0.1) is 0 Å². The van der Waals surface area contributed by atoms with E-state index < -0.39 is 0 Å². The molecule has 0 aliphatic rings. The first-order valence-electron chi connectivity index (χ1n) is 4.79. The first kappa shape index (κ1) is 10.4. The highest BCUT2D eigenvalue weighted by Gasteiger charge is 2.03. The summed E-state index contributed by atoms with van der Waals surface area (Å²) in [5, 5.41) is 5.25. The van der Waals surface area contributed by atoms with Crippen molar-refractivity contribution < 1.29 is 0 Å². The fourth-order valence-electron chi connectivity index (χ4n) is 1.45. The average molecular weight is 266 g/mol. The van der Waals surface area contributed by atoms with Crippen molar-refractivity contribution in [2.45, 2.75) is 18.8 Å². The van der Waals surface area contributed by atoms with Gasteiger partial charge in [0.1, 0.15) is 0 Å². The van der Waals surface area contributed by atoms with Crippen molar-refractivity contribution in [2.75, 3.05) is 0 Å². The van der Waals surface area contributed by atoms with Crippen molar-refractivity contribution in [3.63, 3.8) is 0 Å². The Morgan fingerprint density at radius 2 is 2.20 bits per heavy atom. The number of aromatic nitrogens is 3. The second-order valence-corrected chi connectivity index (χ2v) is 3.95. The van der Waals surface area contributed by atoms with Gasteiger partial charge in [0.2, 0.25) is 0 Å². The second kappa shape index (κ2) is 4.57. The molecule has 0 saturated heterocycles. The Labute approximate surface area is 97.3 Å². The highest BCUT2D eigenvalue weighted by atomic mass is 79.9. The van der Waals surface area contributed by atoms with Gasteiger partial charge in [-0.05, 0) is 25.1 Å². The van der Waals surface area contributed by atoms with E-state index in [4.69, 9.17) is 0 Å². The summed E-state index contributed by atoms with van der Waals surface area (Å²) < 4.78 is 1.97. The molecule has 78 valence electrons. The third-order valence-corrected chi connectivity index (χ3v) is 2.78. The number of alkyl halides is 1. The number of hydrogen-bond donors (Lipinski definition) is 0. The minimum atomic E-state index is 0.736. The standard InChI is InChI=1S/C11H12BrN3/c1-9-6-11(7-12)14-15(9)8-10-4-2-3-5-13-10/h2-6H,7-8H2,1H3. The van der Waals surface area contributed by atoms with Gasteiger partial charge in [0.15, 0.2) is 0 Å². The molecule has 3 nitrogen and oxygen atoms in total. The number of aryl methyl sites for hydroxylation is 1. The van der Waals surface area contributed by atoms with E-state index in [2.05, 4.69) is 39.0 Å². The van der Waals surface area contributed by atoms with E-state index in [-0.39, 0.29) is 0 Å². The van der Waals surface area contributed by atoms with Crippen LogP contribution in [0.1, 0.15) is 17.1 Å². The molecule has 2 aromatic heterocycles. The summed E-state index contributed by atoms with van der Waals surface area (Å²) in [6, 6.07) is 8.00. The third kappa shape index (κ3) is 2.45. The van der Waals surface area contributed by atoms with Crippen LogP contribution in [0.2, 0.25) is 0 Å². The van der Waals surface area contributed by atoms with Gasteiger partial charge in [-0.25, -0.2) is 0 Å². The summed E-state index contributed by atoms with van der Waals surface area (Å²) in [5.41, 5.74) is 3.25. The van der Waals surface area contributed by atoms with E-state index in [9.17, 15) is 0 Å². The lowest BCUT2D eigenvalue weighted by atomic mass is 10.3. The molecule has 0 aliphatic carbocycles. The monoisotopic (exact) mass is 265 g/mol.